The van der Waals surface area contributed by atoms with Crippen LogP contribution in [0.4, 0.5) is 5.82 Å². The standard InChI is InChI=1S/C23H21N5O2S/c1-30-18-9-7-16(8-10-18)19-20-21(31-26-19)22(25-15-24-20)27-11-13-28(14-12-27)23(29)17-5-3-2-4-6-17/h2-10,15H,11-14H2,1H3. The van der Waals surface area contributed by atoms with Gasteiger partial charge in [-0.3, -0.25) is 4.79 Å². The molecule has 8 heteroatoms. The highest BCUT2D eigenvalue weighted by atomic mass is 32.1. The van der Waals surface area contributed by atoms with Gasteiger partial charge in [0.15, 0.2) is 5.82 Å². The zero-order valence-corrected chi connectivity index (χ0v) is 17.9. The highest BCUT2D eigenvalue weighted by Crippen LogP contribution is 2.35. The first-order chi connectivity index (χ1) is 15.2. The molecule has 0 radical (unpaired) electrons. The average Bonchev–Trinajstić information content (AvgIpc) is 3.29. The van der Waals surface area contributed by atoms with E-state index in [2.05, 4.69) is 19.2 Å². The number of benzene rings is 2. The first-order valence-electron chi connectivity index (χ1n) is 10.1. The molecule has 0 spiro atoms. The van der Waals surface area contributed by atoms with Crippen LogP contribution >= 0.6 is 11.5 Å². The summed E-state index contributed by atoms with van der Waals surface area (Å²) < 4.78 is 10.9. The molecule has 31 heavy (non-hydrogen) atoms. The van der Waals surface area contributed by atoms with Gasteiger partial charge in [-0.1, -0.05) is 18.2 Å². The monoisotopic (exact) mass is 431 g/mol. The summed E-state index contributed by atoms with van der Waals surface area (Å²) in [6.45, 7) is 2.76. The maximum Gasteiger partial charge on any atom is 0.253 e. The summed E-state index contributed by atoms with van der Waals surface area (Å²) in [5.74, 6) is 1.77. The van der Waals surface area contributed by atoms with Gasteiger partial charge in [-0.2, -0.15) is 4.37 Å². The Morgan fingerprint density at radius 1 is 0.968 bits per heavy atom. The number of methoxy groups -OCH3 is 1. The van der Waals surface area contributed by atoms with Crippen molar-refractivity contribution in [1.29, 1.82) is 0 Å². The van der Waals surface area contributed by atoms with Gasteiger partial charge in [-0.25, -0.2) is 9.97 Å². The molecule has 1 aliphatic heterocycles. The molecule has 3 heterocycles. The Bertz CT molecular complexity index is 1200. The van der Waals surface area contributed by atoms with E-state index < -0.39 is 0 Å². The van der Waals surface area contributed by atoms with E-state index in [1.807, 2.05) is 59.5 Å². The summed E-state index contributed by atoms with van der Waals surface area (Å²) >= 11 is 1.41. The zero-order valence-electron chi connectivity index (χ0n) is 17.1. The van der Waals surface area contributed by atoms with Gasteiger partial charge >= 0.3 is 0 Å². The highest BCUT2D eigenvalue weighted by Gasteiger charge is 2.25. The SMILES string of the molecule is COc1ccc(-c2nsc3c(N4CCN(C(=O)c5ccccc5)CC4)ncnc23)cc1. The maximum atomic E-state index is 12.7. The largest absolute Gasteiger partial charge is 0.497 e. The van der Waals surface area contributed by atoms with Crippen LogP contribution in [0.15, 0.2) is 60.9 Å². The third kappa shape index (κ3) is 3.70. The number of amides is 1. The van der Waals surface area contributed by atoms with Gasteiger partial charge in [-0.05, 0) is 47.9 Å². The number of carbonyl (C=O) groups excluding carboxylic acids is 1. The fraction of sp³-hybridized carbons (Fsp3) is 0.217. The average molecular weight is 432 g/mol. The number of ether oxygens (including phenoxy) is 1. The van der Waals surface area contributed by atoms with E-state index in [9.17, 15) is 4.79 Å². The molecule has 2 aromatic carbocycles. The van der Waals surface area contributed by atoms with E-state index in [0.717, 1.165) is 51.7 Å². The second kappa shape index (κ2) is 8.31. The third-order valence-corrected chi connectivity index (χ3v) is 6.32. The minimum absolute atomic E-state index is 0.0765. The van der Waals surface area contributed by atoms with Crippen LogP contribution < -0.4 is 9.64 Å². The van der Waals surface area contributed by atoms with Crippen LogP contribution in [0.5, 0.6) is 5.75 Å². The van der Waals surface area contributed by atoms with Crippen molar-refractivity contribution in [3.63, 3.8) is 0 Å². The van der Waals surface area contributed by atoms with Crippen molar-refractivity contribution in [2.45, 2.75) is 0 Å². The fourth-order valence-electron chi connectivity index (χ4n) is 3.80. The molecule has 0 N–H and O–H groups in total. The summed E-state index contributed by atoms with van der Waals surface area (Å²) in [6, 6.07) is 17.3. The normalized spacial score (nSPS) is 14.1. The molecule has 0 aliphatic carbocycles. The summed E-state index contributed by atoms with van der Waals surface area (Å²) in [7, 11) is 1.65. The summed E-state index contributed by atoms with van der Waals surface area (Å²) in [5.41, 5.74) is 3.43. The Labute approximate surface area is 184 Å². The van der Waals surface area contributed by atoms with Crippen molar-refractivity contribution in [3.05, 3.63) is 66.5 Å². The van der Waals surface area contributed by atoms with Crippen molar-refractivity contribution in [1.82, 2.24) is 19.2 Å². The van der Waals surface area contributed by atoms with E-state index in [0.29, 0.717) is 13.1 Å². The minimum Gasteiger partial charge on any atom is -0.497 e. The molecule has 1 aliphatic rings. The molecule has 5 rings (SSSR count). The van der Waals surface area contributed by atoms with Crippen LogP contribution in [0.25, 0.3) is 21.5 Å². The number of carbonyl (C=O) groups is 1. The topological polar surface area (TPSA) is 71.5 Å². The fourth-order valence-corrected chi connectivity index (χ4v) is 4.67. The molecule has 1 fully saturated rings. The molecule has 0 atom stereocenters. The smallest absolute Gasteiger partial charge is 0.253 e. The van der Waals surface area contributed by atoms with E-state index in [1.54, 1.807) is 13.4 Å². The molecular formula is C23H21N5O2S. The number of hydrogen-bond donors (Lipinski definition) is 0. The lowest BCUT2D eigenvalue weighted by Gasteiger charge is -2.35. The van der Waals surface area contributed by atoms with Crippen molar-refractivity contribution in [3.8, 4) is 17.0 Å². The van der Waals surface area contributed by atoms with Crippen LogP contribution in [-0.4, -0.2) is 58.4 Å². The van der Waals surface area contributed by atoms with Crippen LogP contribution in [0, 0.1) is 0 Å². The Balaban J connectivity index is 1.36. The Hall–Kier alpha value is -3.52. The van der Waals surface area contributed by atoms with Crippen LogP contribution in [0.1, 0.15) is 10.4 Å². The number of fused-ring (bicyclic) bond motifs is 1. The molecule has 0 unspecified atom stereocenters. The molecular weight excluding hydrogens is 410 g/mol. The molecule has 4 aromatic rings. The predicted molar refractivity (Wildman–Crippen MR) is 122 cm³/mol. The molecule has 156 valence electrons. The molecule has 1 amide bonds. The van der Waals surface area contributed by atoms with Gasteiger partial charge in [0.2, 0.25) is 0 Å². The highest BCUT2D eigenvalue weighted by molar-refractivity contribution is 7.14. The Kier molecular flexibility index (Phi) is 5.21. The van der Waals surface area contributed by atoms with E-state index >= 15 is 0 Å². The van der Waals surface area contributed by atoms with Gasteiger partial charge in [0.25, 0.3) is 5.91 Å². The van der Waals surface area contributed by atoms with E-state index in [-0.39, 0.29) is 5.91 Å². The summed E-state index contributed by atoms with van der Waals surface area (Å²) in [4.78, 5) is 25.9. The van der Waals surface area contributed by atoms with Crippen molar-refractivity contribution < 1.29 is 9.53 Å². The lowest BCUT2D eigenvalue weighted by Crippen LogP contribution is -2.49. The second-order valence-corrected chi connectivity index (χ2v) is 8.05. The number of piperazine rings is 1. The van der Waals surface area contributed by atoms with Crippen molar-refractivity contribution >= 4 is 33.5 Å². The predicted octanol–water partition coefficient (Wildman–Crippen LogP) is 3.72. The number of nitrogens with zero attached hydrogens (tertiary/aromatic N) is 5. The van der Waals surface area contributed by atoms with Gasteiger partial charge < -0.3 is 14.5 Å². The van der Waals surface area contributed by atoms with Gasteiger partial charge in [0.05, 0.1) is 7.11 Å². The van der Waals surface area contributed by atoms with Crippen molar-refractivity contribution in [2.75, 3.05) is 38.2 Å². The number of aromatic nitrogens is 3. The Morgan fingerprint density at radius 3 is 2.42 bits per heavy atom. The van der Waals surface area contributed by atoms with Crippen LogP contribution in [0.3, 0.4) is 0 Å². The summed E-state index contributed by atoms with van der Waals surface area (Å²) in [6.07, 6.45) is 1.60. The number of rotatable bonds is 4. The van der Waals surface area contributed by atoms with Crippen LogP contribution in [0.2, 0.25) is 0 Å². The molecule has 2 aromatic heterocycles. The van der Waals surface area contributed by atoms with Gasteiger partial charge in [0.1, 0.15) is 28.0 Å². The summed E-state index contributed by atoms with van der Waals surface area (Å²) in [5, 5.41) is 0. The van der Waals surface area contributed by atoms with Gasteiger partial charge in [0, 0.05) is 37.3 Å². The first kappa shape index (κ1) is 19.4. The third-order valence-electron chi connectivity index (χ3n) is 5.49. The molecule has 1 saturated heterocycles. The van der Waals surface area contributed by atoms with Crippen molar-refractivity contribution in [2.24, 2.45) is 0 Å². The number of anilines is 1. The van der Waals surface area contributed by atoms with Gasteiger partial charge in [-0.15, -0.1) is 0 Å². The quantitative estimate of drug-likeness (QED) is 0.490. The Morgan fingerprint density at radius 2 is 1.71 bits per heavy atom. The van der Waals surface area contributed by atoms with E-state index in [1.165, 1.54) is 11.5 Å². The van der Waals surface area contributed by atoms with E-state index in [4.69, 9.17) is 4.74 Å². The zero-order chi connectivity index (χ0) is 21.2. The number of hydrogen-bond acceptors (Lipinski definition) is 7. The second-order valence-electron chi connectivity index (χ2n) is 7.28. The molecule has 0 bridgehead atoms. The molecule has 0 saturated carbocycles. The lowest BCUT2D eigenvalue weighted by atomic mass is 10.1. The molecule has 7 nitrogen and oxygen atoms in total. The minimum atomic E-state index is 0.0765. The maximum absolute atomic E-state index is 12.7. The lowest BCUT2D eigenvalue weighted by molar-refractivity contribution is 0.0746. The van der Waals surface area contributed by atoms with Crippen LogP contribution in [-0.2, 0) is 0 Å². The first-order valence-corrected chi connectivity index (χ1v) is 10.9.